The minimum Gasteiger partial charge on any atom is -0.426 e. The van der Waals surface area contributed by atoms with E-state index in [1.165, 1.54) is 48.7 Å². The lowest BCUT2D eigenvalue weighted by molar-refractivity contribution is 0.364. The van der Waals surface area contributed by atoms with E-state index in [1.807, 2.05) is 11.8 Å². The summed E-state index contributed by atoms with van der Waals surface area (Å²) in [5.74, 6) is 0.617. The predicted molar refractivity (Wildman–Crippen MR) is 182 cm³/mol. The largest absolute Gasteiger partial charge is 0.426 e. The summed E-state index contributed by atoms with van der Waals surface area (Å²) in [4.78, 5) is 23.4. The summed E-state index contributed by atoms with van der Waals surface area (Å²) in [6, 6.07) is 9.34. The summed E-state index contributed by atoms with van der Waals surface area (Å²) in [5, 5.41) is 0. The highest BCUT2D eigenvalue weighted by Crippen LogP contribution is 2.60. The van der Waals surface area contributed by atoms with Crippen molar-refractivity contribution >= 4 is 20.4 Å². The number of fused-ring (bicyclic) bond motifs is 6. The Labute approximate surface area is 260 Å². The molecule has 0 amide bonds. The van der Waals surface area contributed by atoms with Gasteiger partial charge in [0.2, 0.25) is 0 Å². The Morgan fingerprint density at radius 3 is 1.19 bits per heavy atom. The Hall–Kier alpha value is -1.84. The average molecular weight is 607 g/mol. The maximum atomic E-state index is 10.5. The molecular weight excluding hydrogens is 555 g/mol. The molecule has 0 aliphatic carbocycles. The Morgan fingerprint density at radius 2 is 0.905 bits per heavy atom. The molecule has 0 fully saturated rings. The lowest BCUT2D eigenvalue weighted by Crippen LogP contribution is -2.25. The van der Waals surface area contributed by atoms with Gasteiger partial charge in [0.15, 0.2) is 0 Å². The highest BCUT2D eigenvalue weighted by atomic mass is 32.2. The first-order valence-electron chi connectivity index (χ1n) is 15.0. The van der Waals surface area contributed by atoms with Crippen LogP contribution in [0.5, 0.6) is 5.75 Å². The second-order valence-electron chi connectivity index (χ2n) is 16.3. The number of hydrogen-bond acceptors (Lipinski definition) is 4. The lowest BCUT2D eigenvalue weighted by atomic mass is 9.68. The van der Waals surface area contributed by atoms with Gasteiger partial charge in [-0.25, -0.2) is 0 Å². The van der Waals surface area contributed by atoms with Crippen molar-refractivity contribution in [3.05, 3.63) is 63.2 Å². The van der Waals surface area contributed by atoms with E-state index < -0.39 is 8.60 Å². The van der Waals surface area contributed by atoms with E-state index in [4.69, 9.17) is 4.52 Å². The maximum absolute atomic E-state index is 10.5. The van der Waals surface area contributed by atoms with E-state index in [9.17, 15) is 9.79 Å². The Kier molecular flexibility index (Phi) is 8.39. The first-order chi connectivity index (χ1) is 18.9. The summed E-state index contributed by atoms with van der Waals surface area (Å²) >= 11 is 1.88. The fourth-order valence-corrected chi connectivity index (χ4v) is 8.27. The number of aryl methyl sites for hydroxylation is 2. The van der Waals surface area contributed by atoms with E-state index in [-0.39, 0.29) is 21.7 Å². The minimum atomic E-state index is -2.64. The van der Waals surface area contributed by atoms with Crippen LogP contribution in [0.25, 0.3) is 22.3 Å². The highest BCUT2D eigenvalue weighted by molar-refractivity contribution is 7.99. The van der Waals surface area contributed by atoms with Crippen LogP contribution in [0, 0.1) is 20.8 Å². The van der Waals surface area contributed by atoms with Gasteiger partial charge in [-0.05, 0) is 93.5 Å². The van der Waals surface area contributed by atoms with Gasteiger partial charge in [-0.3, -0.25) is 0 Å². The standard InChI is InChI=1S/C37H51O3PS/c1-20-16-23(34(4,5)6)29-25(18-20)42-26-19-21(2)17-24(35(7,8)9)30(26)28-22(3)27(29)31(36(10,11)12)33(40-41(38)39)32(28)37(13,14)15/h16-19,38-39H,1-15H3. The summed E-state index contributed by atoms with van der Waals surface area (Å²) in [6.07, 6.45) is 0. The molecule has 228 valence electrons. The minimum absolute atomic E-state index is 0.117. The van der Waals surface area contributed by atoms with Gasteiger partial charge in [-0.1, -0.05) is 107 Å². The zero-order valence-corrected chi connectivity index (χ0v) is 30.2. The van der Waals surface area contributed by atoms with E-state index in [0.29, 0.717) is 5.75 Å². The quantitative estimate of drug-likeness (QED) is 0.223. The molecule has 3 nitrogen and oxygen atoms in total. The summed E-state index contributed by atoms with van der Waals surface area (Å²) < 4.78 is 6.24. The van der Waals surface area contributed by atoms with Gasteiger partial charge in [0.1, 0.15) is 5.75 Å². The third-order valence-electron chi connectivity index (χ3n) is 8.21. The van der Waals surface area contributed by atoms with E-state index in [0.717, 1.165) is 22.3 Å². The first-order valence-corrected chi connectivity index (χ1v) is 17.0. The van der Waals surface area contributed by atoms with Crippen LogP contribution in [-0.4, -0.2) is 9.79 Å². The van der Waals surface area contributed by atoms with Crippen molar-refractivity contribution < 1.29 is 14.3 Å². The number of rotatable bonds is 2. The monoisotopic (exact) mass is 606 g/mol. The van der Waals surface area contributed by atoms with Crippen molar-refractivity contribution in [2.45, 2.75) is 135 Å². The Morgan fingerprint density at radius 1 is 0.548 bits per heavy atom. The molecule has 1 aliphatic rings. The molecule has 0 atom stereocenters. The van der Waals surface area contributed by atoms with E-state index in [1.54, 1.807) is 0 Å². The Bertz CT molecular complexity index is 1450. The van der Waals surface area contributed by atoms with Crippen LogP contribution in [0.2, 0.25) is 0 Å². The molecule has 1 aliphatic heterocycles. The van der Waals surface area contributed by atoms with Crippen LogP contribution in [0.15, 0.2) is 34.1 Å². The third-order valence-corrected chi connectivity index (χ3v) is 9.64. The molecular formula is C37H51O3PS. The second-order valence-corrected chi connectivity index (χ2v) is 18.0. The molecule has 3 aromatic rings. The van der Waals surface area contributed by atoms with Crippen LogP contribution in [0.3, 0.4) is 0 Å². The van der Waals surface area contributed by atoms with Crippen LogP contribution in [-0.2, 0) is 21.7 Å². The van der Waals surface area contributed by atoms with Crippen molar-refractivity contribution in [2.75, 3.05) is 0 Å². The molecule has 5 heteroatoms. The van der Waals surface area contributed by atoms with Crippen molar-refractivity contribution in [3.8, 4) is 28.0 Å². The molecule has 0 saturated heterocycles. The predicted octanol–water partition coefficient (Wildman–Crippen LogP) is 11.2. The lowest BCUT2D eigenvalue weighted by Gasteiger charge is -2.40. The molecule has 0 radical (unpaired) electrons. The smallest absolute Gasteiger partial charge is 0.391 e. The fourth-order valence-electron chi connectivity index (χ4n) is 6.57. The topological polar surface area (TPSA) is 49.7 Å². The van der Waals surface area contributed by atoms with E-state index >= 15 is 0 Å². The molecule has 3 aromatic carbocycles. The third kappa shape index (κ3) is 5.94. The van der Waals surface area contributed by atoms with Crippen LogP contribution >= 0.6 is 20.4 Å². The summed E-state index contributed by atoms with van der Waals surface area (Å²) in [6.45, 7) is 33.7. The summed E-state index contributed by atoms with van der Waals surface area (Å²) in [7, 11) is -2.64. The molecule has 1 heterocycles. The molecule has 0 unspecified atom stereocenters. The van der Waals surface area contributed by atoms with Gasteiger partial charge >= 0.3 is 8.60 Å². The molecule has 4 rings (SSSR count). The zero-order chi connectivity index (χ0) is 31.9. The summed E-state index contributed by atoms with van der Waals surface area (Å²) in [5.41, 5.74) is 12.2. The molecule has 0 saturated carbocycles. The van der Waals surface area contributed by atoms with Crippen molar-refractivity contribution in [1.82, 2.24) is 0 Å². The first kappa shape index (κ1) is 33.1. The number of benzene rings is 3. The zero-order valence-electron chi connectivity index (χ0n) is 28.5. The van der Waals surface area contributed by atoms with Gasteiger partial charge in [0, 0.05) is 32.0 Å². The number of hydrogen-bond donors (Lipinski definition) is 2. The average Bonchev–Trinajstić information content (AvgIpc) is 2.76. The van der Waals surface area contributed by atoms with Gasteiger partial charge < -0.3 is 14.3 Å². The van der Waals surface area contributed by atoms with Gasteiger partial charge in [0.25, 0.3) is 0 Å². The van der Waals surface area contributed by atoms with Gasteiger partial charge in [-0.15, -0.1) is 0 Å². The SMILES string of the molecule is Cc1cc2c(c(C(C)(C)C)c1)-c1c(C)c(c(C(C)(C)C)c(OP(O)O)c1C(C)(C)C)-c1c(cc(C)cc1C(C)(C)C)S2. The van der Waals surface area contributed by atoms with Crippen molar-refractivity contribution in [3.63, 3.8) is 0 Å². The molecule has 2 N–H and O–H groups in total. The van der Waals surface area contributed by atoms with Crippen LogP contribution in [0.4, 0.5) is 0 Å². The van der Waals surface area contributed by atoms with Gasteiger partial charge in [0.05, 0.1) is 0 Å². The van der Waals surface area contributed by atoms with E-state index in [2.05, 4.69) is 128 Å². The fraction of sp³-hybridized carbons (Fsp3) is 0.514. The van der Waals surface area contributed by atoms with Gasteiger partial charge in [-0.2, -0.15) is 0 Å². The Balaban J connectivity index is 2.50. The van der Waals surface area contributed by atoms with Crippen molar-refractivity contribution in [2.24, 2.45) is 0 Å². The molecule has 2 bridgehead atoms. The molecule has 0 aromatic heterocycles. The van der Waals surface area contributed by atoms with Crippen LogP contribution in [0.1, 0.15) is 122 Å². The highest BCUT2D eigenvalue weighted by Gasteiger charge is 2.40. The molecule has 0 spiro atoms. The normalized spacial score (nSPS) is 14.0. The maximum Gasteiger partial charge on any atom is 0.391 e. The van der Waals surface area contributed by atoms with Crippen molar-refractivity contribution in [1.29, 1.82) is 0 Å². The van der Waals surface area contributed by atoms with Crippen LogP contribution < -0.4 is 4.52 Å². The second kappa shape index (κ2) is 10.7. The molecule has 42 heavy (non-hydrogen) atoms.